The zero-order valence-corrected chi connectivity index (χ0v) is 13.7. The molecule has 0 saturated heterocycles. The maximum absolute atomic E-state index is 12.2. The van der Waals surface area contributed by atoms with E-state index < -0.39 is 0 Å². The summed E-state index contributed by atoms with van der Waals surface area (Å²) in [5.41, 5.74) is 1.13. The SMILES string of the molecule is C=C/C=C(\C=C)CC(CC)NC(=O)CC1CCC(C)CC1. The van der Waals surface area contributed by atoms with Crippen LogP contribution < -0.4 is 5.32 Å². The molecule has 1 amide bonds. The molecule has 118 valence electrons. The topological polar surface area (TPSA) is 29.1 Å². The fourth-order valence-corrected chi connectivity index (χ4v) is 3.03. The van der Waals surface area contributed by atoms with E-state index >= 15 is 0 Å². The third-order valence-corrected chi connectivity index (χ3v) is 4.54. The minimum absolute atomic E-state index is 0.198. The van der Waals surface area contributed by atoms with Crippen molar-refractivity contribution in [2.45, 2.75) is 64.8 Å². The first kappa shape index (κ1) is 17.7. The molecule has 0 aromatic heterocycles. The van der Waals surface area contributed by atoms with Crippen molar-refractivity contribution in [2.75, 3.05) is 0 Å². The van der Waals surface area contributed by atoms with E-state index in [1.165, 1.54) is 25.7 Å². The van der Waals surface area contributed by atoms with Crippen LogP contribution in [-0.2, 0) is 4.79 Å². The van der Waals surface area contributed by atoms with Gasteiger partial charge in [-0.2, -0.15) is 0 Å². The largest absolute Gasteiger partial charge is 0.353 e. The maximum Gasteiger partial charge on any atom is 0.220 e. The molecule has 1 rings (SSSR count). The van der Waals surface area contributed by atoms with Gasteiger partial charge in [-0.05, 0) is 43.1 Å². The van der Waals surface area contributed by atoms with Crippen molar-refractivity contribution in [1.29, 1.82) is 0 Å². The van der Waals surface area contributed by atoms with E-state index in [9.17, 15) is 4.79 Å². The van der Waals surface area contributed by atoms with Crippen LogP contribution in [0, 0.1) is 11.8 Å². The van der Waals surface area contributed by atoms with Gasteiger partial charge >= 0.3 is 0 Å². The molecule has 0 radical (unpaired) electrons. The molecule has 0 aromatic carbocycles. The molecule has 1 aliphatic rings. The molecule has 1 N–H and O–H groups in total. The van der Waals surface area contributed by atoms with Gasteiger partial charge in [-0.3, -0.25) is 4.79 Å². The molecule has 2 nitrogen and oxygen atoms in total. The van der Waals surface area contributed by atoms with E-state index in [0.29, 0.717) is 12.3 Å². The predicted molar refractivity (Wildman–Crippen MR) is 91.1 cm³/mol. The molecule has 21 heavy (non-hydrogen) atoms. The lowest BCUT2D eigenvalue weighted by molar-refractivity contribution is -0.123. The fourth-order valence-electron chi connectivity index (χ4n) is 3.03. The fraction of sp³-hybridized carbons (Fsp3) is 0.632. The Morgan fingerprint density at radius 2 is 1.95 bits per heavy atom. The third kappa shape index (κ3) is 6.79. The highest BCUT2D eigenvalue weighted by Crippen LogP contribution is 2.30. The van der Waals surface area contributed by atoms with Crippen LogP contribution >= 0.6 is 0 Å². The Hall–Kier alpha value is -1.31. The molecule has 0 heterocycles. The summed E-state index contributed by atoms with van der Waals surface area (Å²) in [4.78, 5) is 12.2. The van der Waals surface area contributed by atoms with Gasteiger partial charge in [0.1, 0.15) is 0 Å². The molecule has 1 unspecified atom stereocenters. The van der Waals surface area contributed by atoms with Crippen LogP contribution in [0.1, 0.15) is 58.8 Å². The number of rotatable bonds is 8. The van der Waals surface area contributed by atoms with E-state index in [-0.39, 0.29) is 11.9 Å². The zero-order valence-electron chi connectivity index (χ0n) is 13.7. The Balaban J connectivity index is 2.41. The Kier molecular flexibility index (Phi) is 8.11. The first-order valence-corrected chi connectivity index (χ1v) is 8.32. The second kappa shape index (κ2) is 9.59. The highest BCUT2D eigenvalue weighted by Gasteiger charge is 2.21. The smallest absolute Gasteiger partial charge is 0.220 e. The number of hydrogen-bond donors (Lipinski definition) is 1. The molecular weight excluding hydrogens is 258 g/mol. The van der Waals surface area contributed by atoms with Crippen molar-refractivity contribution in [3.63, 3.8) is 0 Å². The lowest BCUT2D eigenvalue weighted by Gasteiger charge is -2.26. The molecule has 1 atom stereocenters. The number of amides is 1. The predicted octanol–water partition coefficient (Wildman–Crippen LogP) is 4.79. The average molecular weight is 289 g/mol. The lowest BCUT2D eigenvalue weighted by Crippen LogP contribution is -2.36. The number of carbonyl (C=O) groups excluding carboxylic acids is 1. The minimum Gasteiger partial charge on any atom is -0.353 e. The molecule has 1 fully saturated rings. The Morgan fingerprint density at radius 3 is 2.48 bits per heavy atom. The van der Waals surface area contributed by atoms with Gasteiger partial charge < -0.3 is 5.32 Å². The first-order chi connectivity index (χ1) is 10.1. The monoisotopic (exact) mass is 289 g/mol. The van der Waals surface area contributed by atoms with Crippen molar-refractivity contribution >= 4 is 5.91 Å². The molecule has 0 aliphatic heterocycles. The van der Waals surface area contributed by atoms with Gasteiger partial charge in [-0.25, -0.2) is 0 Å². The van der Waals surface area contributed by atoms with Crippen molar-refractivity contribution in [2.24, 2.45) is 11.8 Å². The van der Waals surface area contributed by atoms with Gasteiger partial charge in [0.05, 0.1) is 0 Å². The van der Waals surface area contributed by atoms with E-state index in [1.807, 2.05) is 12.2 Å². The number of allylic oxidation sites excluding steroid dienone is 3. The van der Waals surface area contributed by atoms with Crippen LogP contribution in [0.3, 0.4) is 0 Å². The van der Waals surface area contributed by atoms with Crippen LogP contribution in [0.2, 0.25) is 0 Å². The molecule has 0 spiro atoms. The standard InChI is InChI=1S/C19H31NO/c1-5-8-16(6-2)13-18(7-3)20-19(21)14-17-11-9-15(4)10-12-17/h5-6,8,15,17-18H,1-2,7,9-14H2,3-4H3,(H,20,21)/b16-8+. The lowest BCUT2D eigenvalue weighted by atomic mass is 9.81. The molecule has 1 saturated carbocycles. The second-order valence-corrected chi connectivity index (χ2v) is 6.39. The summed E-state index contributed by atoms with van der Waals surface area (Å²) >= 11 is 0. The van der Waals surface area contributed by atoms with Gasteiger partial charge in [0, 0.05) is 12.5 Å². The van der Waals surface area contributed by atoms with Crippen molar-refractivity contribution in [1.82, 2.24) is 5.32 Å². The first-order valence-electron chi connectivity index (χ1n) is 8.32. The normalized spacial score (nSPS) is 24.2. The molecule has 0 bridgehead atoms. The highest BCUT2D eigenvalue weighted by molar-refractivity contribution is 5.76. The third-order valence-electron chi connectivity index (χ3n) is 4.54. The summed E-state index contributed by atoms with van der Waals surface area (Å²) in [6.45, 7) is 12.0. The van der Waals surface area contributed by atoms with Gasteiger partial charge in [0.25, 0.3) is 0 Å². The Bertz CT molecular complexity index is 375. The van der Waals surface area contributed by atoms with E-state index in [1.54, 1.807) is 6.08 Å². The second-order valence-electron chi connectivity index (χ2n) is 6.39. The van der Waals surface area contributed by atoms with Crippen molar-refractivity contribution in [3.05, 3.63) is 37.0 Å². The summed E-state index contributed by atoms with van der Waals surface area (Å²) in [5, 5.41) is 3.19. The van der Waals surface area contributed by atoms with Crippen molar-refractivity contribution < 1.29 is 4.79 Å². The summed E-state index contributed by atoms with van der Waals surface area (Å²) in [6, 6.07) is 0.198. The number of hydrogen-bond acceptors (Lipinski definition) is 1. The summed E-state index contributed by atoms with van der Waals surface area (Å²) in [6.07, 6.45) is 13.0. The summed E-state index contributed by atoms with van der Waals surface area (Å²) < 4.78 is 0. The number of nitrogens with one attached hydrogen (secondary N) is 1. The highest BCUT2D eigenvalue weighted by atomic mass is 16.1. The zero-order chi connectivity index (χ0) is 15.7. The van der Waals surface area contributed by atoms with Crippen LogP contribution in [0.5, 0.6) is 0 Å². The van der Waals surface area contributed by atoms with E-state index in [2.05, 4.69) is 32.3 Å². The summed E-state index contributed by atoms with van der Waals surface area (Å²) in [5.74, 6) is 1.64. The van der Waals surface area contributed by atoms with Crippen LogP contribution in [0.4, 0.5) is 0 Å². The minimum atomic E-state index is 0.198. The Morgan fingerprint density at radius 1 is 1.29 bits per heavy atom. The van der Waals surface area contributed by atoms with Gasteiger partial charge in [-0.1, -0.05) is 58.1 Å². The van der Waals surface area contributed by atoms with Gasteiger partial charge in [-0.15, -0.1) is 0 Å². The van der Waals surface area contributed by atoms with Crippen LogP contribution in [0.25, 0.3) is 0 Å². The molecule has 0 aromatic rings. The van der Waals surface area contributed by atoms with Gasteiger partial charge in [0.2, 0.25) is 5.91 Å². The number of carbonyl (C=O) groups is 1. The molecular formula is C19H31NO. The van der Waals surface area contributed by atoms with Gasteiger partial charge in [0.15, 0.2) is 0 Å². The molecule has 1 aliphatic carbocycles. The quantitative estimate of drug-likeness (QED) is 0.640. The van der Waals surface area contributed by atoms with Crippen LogP contribution in [-0.4, -0.2) is 11.9 Å². The van der Waals surface area contributed by atoms with Crippen LogP contribution in [0.15, 0.2) is 37.0 Å². The molecule has 2 heteroatoms. The average Bonchev–Trinajstić information content (AvgIpc) is 2.48. The Labute approximate surface area is 130 Å². The van der Waals surface area contributed by atoms with Crippen molar-refractivity contribution in [3.8, 4) is 0 Å². The van der Waals surface area contributed by atoms with E-state index in [4.69, 9.17) is 0 Å². The van der Waals surface area contributed by atoms with E-state index in [0.717, 1.165) is 24.3 Å². The summed E-state index contributed by atoms with van der Waals surface area (Å²) in [7, 11) is 0. The maximum atomic E-state index is 12.2.